The zero-order valence-corrected chi connectivity index (χ0v) is 13.8. The Kier molecular flexibility index (Phi) is 4.99. The molecule has 0 unspecified atom stereocenters. The van der Waals surface area contributed by atoms with Crippen LogP contribution in [0.5, 0.6) is 0 Å². The van der Waals surface area contributed by atoms with Gasteiger partial charge in [-0.05, 0) is 47.0 Å². The van der Waals surface area contributed by atoms with Gasteiger partial charge in [-0.1, -0.05) is 6.58 Å². The summed E-state index contributed by atoms with van der Waals surface area (Å²) in [6, 6.07) is 2.13. The number of thiophene rings is 1. The van der Waals surface area contributed by atoms with Gasteiger partial charge in [0.25, 0.3) is 0 Å². The highest BCUT2D eigenvalue weighted by Crippen LogP contribution is 2.31. The molecule has 2 heterocycles. The molecular formula is C14H17BrN2O2S. The molecule has 2 rings (SSSR count). The Balaban J connectivity index is 2.00. The Bertz CT molecular complexity index is 541. The van der Waals surface area contributed by atoms with Crippen molar-refractivity contribution in [1.29, 1.82) is 0 Å². The molecular weight excluding hydrogens is 340 g/mol. The molecule has 0 saturated heterocycles. The lowest BCUT2D eigenvalue weighted by atomic mass is 10.1. The van der Waals surface area contributed by atoms with Gasteiger partial charge in [0.05, 0.1) is 10.3 Å². The van der Waals surface area contributed by atoms with Crippen LogP contribution >= 0.6 is 27.3 Å². The van der Waals surface area contributed by atoms with Crippen molar-refractivity contribution in [2.45, 2.75) is 19.9 Å². The van der Waals surface area contributed by atoms with Crippen LogP contribution in [0.2, 0.25) is 0 Å². The number of fused-ring (bicyclic) bond motifs is 1. The third-order valence-corrected chi connectivity index (χ3v) is 5.06. The fourth-order valence-corrected chi connectivity index (χ4v) is 4.05. The molecule has 1 aliphatic rings. The molecule has 1 aromatic heterocycles. The van der Waals surface area contributed by atoms with Gasteiger partial charge >= 0.3 is 0 Å². The summed E-state index contributed by atoms with van der Waals surface area (Å²) in [6.07, 6.45) is 2.13. The molecule has 0 fully saturated rings. The number of carbonyl (C=O) groups excluding carboxylic acids is 2. The topological polar surface area (TPSA) is 40.6 Å². The van der Waals surface area contributed by atoms with Crippen LogP contribution in [0.1, 0.15) is 17.4 Å². The lowest BCUT2D eigenvalue weighted by Gasteiger charge is -2.29. The van der Waals surface area contributed by atoms with Gasteiger partial charge in [-0.15, -0.1) is 11.3 Å². The first-order chi connectivity index (χ1) is 9.55. The monoisotopic (exact) mass is 356 g/mol. The van der Waals surface area contributed by atoms with Gasteiger partial charge in [-0.3, -0.25) is 9.59 Å². The second-order valence-electron chi connectivity index (χ2n) is 4.62. The van der Waals surface area contributed by atoms with E-state index in [1.807, 2.05) is 11.8 Å². The van der Waals surface area contributed by atoms with Gasteiger partial charge in [-0.2, -0.15) is 0 Å². The summed E-state index contributed by atoms with van der Waals surface area (Å²) < 4.78 is 1.11. The molecule has 20 heavy (non-hydrogen) atoms. The molecule has 1 aromatic rings. The maximum absolute atomic E-state index is 12.3. The molecule has 6 heteroatoms. The van der Waals surface area contributed by atoms with Gasteiger partial charge in [-0.25, -0.2) is 0 Å². The summed E-state index contributed by atoms with van der Waals surface area (Å²) >= 11 is 5.15. The van der Waals surface area contributed by atoms with E-state index in [0.717, 1.165) is 16.8 Å². The fraction of sp³-hybridized carbons (Fsp3) is 0.429. The molecule has 108 valence electrons. The third-order valence-electron chi connectivity index (χ3n) is 3.40. The van der Waals surface area contributed by atoms with Crippen molar-refractivity contribution in [3.63, 3.8) is 0 Å². The first-order valence-electron chi connectivity index (χ1n) is 6.51. The number of halogens is 1. The van der Waals surface area contributed by atoms with Gasteiger partial charge < -0.3 is 9.80 Å². The molecule has 0 N–H and O–H groups in total. The number of carbonyl (C=O) groups is 2. The van der Waals surface area contributed by atoms with E-state index in [4.69, 9.17) is 0 Å². The SMILES string of the molecule is C=CC(=O)N(CC)CC(=O)N1CCc2cc(Br)sc2C1. The summed E-state index contributed by atoms with van der Waals surface area (Å²) in [7, 11) is 0. The molecule has 0 radical (unpaired) electrons. The van der Waals surface area contributed by atoms with Crippen molar-refractivity contribution in [3.05, 3.63) is 32.9 Å². The van der Waals surface area contributed by atoms with E-state index in [1.54, 1.807) is 11.3 Å². The Hall–Kier alpha value is -1.14. The van der Waals surface area contributed by atoms with Crippen LogP contribution in [0.15, 0.2) is 22.5 Å². The van der Waals surface area contributed by atoms with Crippen LogP contribution in [-0.4, -0.2) is 41.2 Å². The zero-order valence-electron chi connectivity index (χ0n) is 11.4. The van der Waals surface area contributed by atoms with Crippen LogP contribution in [0.25, 0.3) is 0 Å². The summed E-state index contributed by atoms with van der Waals surface area (Å²) in [4.78, 5) is 28.5. The Morgan fingerprint density at radius 3 is 3.00 bits per heavy atom. The minimum absolute atomic E-state index is 0.00257. The van der Waals surface area contributed by atoms with Crippen LogP contribution < -0.4 is 0 Å². The van der Waals surface area contributed by atoms with E-state index in [-0.39, 0.29) is 18.4 Å². The van der Waals surface area contributed by atoms with Gasteiger partial charge in [0, 0.05) is 18.0 Å². The van der Waals surface area contributed by atoms with Crippen molar-refractivity contribution < 1.29 is 9.59 Å². The lowest BCUT2D eigenvalue weighted by molar-refractivity contribution is -0.138. The first kappa shape index (κ1) is 15.3. The van der Waals surface area contributed by atoms with E-state index in [0.29, 0.717) is 13.1 Å². The first-order valence-corrected chi connectivity index (χ1v) is 8.12. The highest BCUT2D eigenvalue weighted by molar-refractivity contribution is 9.11. The maximum atomic E-state index is 12.3. The van der Waals surface area contributed by atoms with Crippen molar-refractivity contribution >= 4 is 39.1 Å². The van der Waals surface area contributed by atoms with Gasteiger partial charge in [0.15, 0.2) is 0 Å². The quantitative estimate of drug-likeness (QED) is 0.777. The Morgan fingerprint density at radius 2 is 2.35 bits per heavy atom. The number of amides is 2. The molecule has 0 bridgehead atoms. The minimum Gasteiger partial charge on any atom is -0.336 e. The second-order valence-corrected chi connectivity index (χ2v) is 7.14. The predicted molar refractivity (Wildman–Crippen MR) is 83.6 cm³/mol. The summed E-state index contributed by atoms with van der Waals surface area (Å²) in [5, 5.41) is 0. The predicted octanol–water partition coefficient (Wildman–Crippen LogP) is 2.43. The van der Waals surface area contributed by atoms with Gasteiger partial charge in [0.2, 0.25) is 11.8 Å². The summed E-state index contributed by atoms with van der Waals surface area (Å²) in [5.74, 6) is -0.199. The maximum Gasteiger partial charge on any atom is 0.246 e. The van der Waals surface area contributed by atoms with Crippen LogP contribution in [0.4, 0.5) is 0 Å². The average molecular weight is 357 g/mol. The highest BCUT2D eigenvalue weighted by atomic mass is 79.9. The normalized spacial score (nSPS) is 13.8. The number of likely N-dealkylation sites (N-methyl/N-ethyl adjacent to an activating group) is 1. The van der Waals surface area contributed by atoms with E-state index in [9.17, 15) is 9.59 Å². The smallest absolute Gasteiger partial charge is 0.246 e. The molecule has 0 saturated carbocycles. The average Bonchev–Trinajstić information content (AvgIpc) is 2.82. The standard InChI is InChI=1S/C14H17BrN2O2S/c1-3-13(18)16(4-2)9-14(19)17-6-5-10-7-12(15)20-11(10)8-17/h3,7H,1,4-6,8-9H2,2H3. The van der Waals surface area contributed by atoms with Crippen molar-refractivity contribution in [2.75, 3.05) is 19.6 Å². The molecule has 0 aromatic carbocycles. The minimum atomic E-state index is -0.197. The van der Waals surface area contributed by atoms with E-state index < -0.39 is 0 Å². The summed E-state index contributed by atoms with van der Waals surface area (Å²) in [5.41, 5.74) is 1.32. The molecule has 2 amide bonds. The Labute approximate surface area is 131 Å². The molecule has 0 atom stereocenters. The van der Waals surface area contributed by atoms with E-state index in [2.05, 4.69) is 28.6 Å². The van der Waals surface area contributed by atoms with E-state index in [1.165, 1.54) is 21.4 Å². The van der Waals surface area contributed by atoms with Crippen molar-refractivity contribution in [2.24, 2.45) is 0 Å². The van der Waals surface area contributed by atoms with Crippen molar-refractivity contribution in [3.8, 4) is 0 Å². The molecule has 0 spiro atoms. The van der Waals surface area contributed by atoms with Gasteiger partial charge in [0.1, 0.15) is 6.54 Å². The van der Waals surface area contributed by atoms with E-state index >= 15 is 0 Å². The van der Waals surface area contributed by atoms with Crippen LogP contribution in [0.3, 0.4) is 0 Å². The van der Waals surface area contributed by atoms with Crippen LogP contribution in [-0.2, 0) is 22.6 Å². The summed E-state index contributed by atoms with van der Waals surface area (Å²) in [6.45, 7) is 7.33. The molecule has 1 aliphatic heterocycles. The second kappa shape index (κ2) is 6.54. The molecule has 4 nitrogen and oxygen atoms in total. The third kappa shape index (κ3) is 3.30. The molecule has 0 aliphatic carbocycles. The number of hydrogen-bond donors (Lipinski definition) is 0. The number of nitrogens with zero attached hydrogens (tertiary/aromatic N) is 2. The lowest BCUT2D eigenvalue weighted by Crippen LogP contribution is -2.43. The number of rotatable bonds is 4. The number of hydrogen-bond acceptors (Lipinski definition) is 3. The zero-order chi connectivity index (χ0) is 14.7. The van der Waals surface area contributed by atoms with Crippen molar-refractivity contribution in [1.82, 2.24) is 9.80 Å². The highest BCUT2D eigenvalue weighted by Gasteiger charge is 2.24. The Morgan fingerprint density at radius 1 is 1.60 bits per heavy atom. The fourth-order valence-electron chi connectivity index (χ4n) is 2.23. The largest absolute Gasteiger partial charge is 0.336 e. The van der Waals surface area contributed by atoms with Crippen LogP contribution in [0, 0.1) is 0 Å².